The smallest absolute Gasteiger partial charge is 0.141 e. The van der Waals surface area contributed by atoms with E-state index in [9.17, 15) is 4.39 Å². The fourth-order valence-corrected chi connectivity index (χ4v) is 1.37. The molecule has 1 N–H and O–H groups in total. The highest BCUT2D eigenvalue weighted by molar-refractivity contribution is 5.19. The van der Waals surface area contributed by atoms with Crippen molar-refractivity contribution in [1.82, 2.24) is 10.3 Å². The molecule has 0 saturated heterocycles. The molecule has 3 heteroatoms. The van der Waals surface area contributed by atoms with Crippen LogP contribution in [-0.2, 0) is 0 Å². The Kier molecular flexibility index (Phi) is 3.97. The third-order valence-electron chi connectivity index (χ3n) is 2.04. The quantitative estimate of drug-likeness (QED) is 0.770. The molecule has 0 amide bonds. The van der Waals surface area contributed by atoms with Crippen LogP contribution in [0.4, 0.5) is 4.39 Å². The zero-order valence-electron chi connectivity index (χ0n) is 9.42. The van der Waals surface area contributed by atoms with E-state index >= 15 is 0 Å². The average Bonchev–Trinajstić information content (AvgIpc) is 2.15. The molecule has 15 heavy (non-hydrogen) atoms. The van der Waals surface area contributed by atoms with Crippen molar-refractivity contribution in [3.05, 3.63) is 42.0 Å². The SMILES string of the molecule is C=C(C)C(NC(C)C)c1ccc(F)cn1. The van der Waals surface area contributed by atoms with Gasteiger partial charge < -0.3 is 5.32 Å². The molecule has 0 aliphatic heterocycles. The van der Waals surface area contributed by atoms with Crippen molar-refractivity contribution < 1.29 is 4.39 Å². The van der Waals surface area contributed by atoms with Crippen LogP contribution in [0.3, 0.4) is 0 Å². The van der Waals surface area contributed by atoms with Crippen LogP contribution in [0.2, 0.25) is 0 Å². The molecular weight excluding hydrogens is 191 g/mol. The Morgan fingerprint density at radius 1 is 1.47 bits per heavy atom. The number of pyridine rings is 1. The van der Waals surface area contributed by atoms with Crippen molar-refractivity contribution in [2.75, 3.05) is 0 Å². The van der Waals surface area contributed by atoms with Gasteiger partial charge in [-0.2, -0.15) is 0 Å². The predicted molar refractivity (Wildman–Crippen MR) is 60.0 cm³/mol. The summed E-state index contributed by atoms with van der Waals surface area (Å²) in [7, 11) is 0. The van der Waals surface area contributed by atoms with E-state index in [-0.39, 0.29) is 11.9 Å². The van der Waals surface area contributed by atoms with E-state index in [1.54, 1.807) is 6.07 Å². The highest BCUT2D eigenvalue weighted by Gasteiger charge is 2.14. The average molecular weight is 208 g/mol. The number of hydrogen-bond donors (Lipinski definition) is 1. The Hall–Kier alpha value is -1.22. The van der Waals surface area contributed by atoms with Crippen LogP contribution in [0.25, 0.3) is 0 Å². The molecule has 0 fully saturated rings. The first kappa shape index (κ1) is 11.9. The summed E-state index contributed by atoms with van der Waals surface area (Å²) in [6.45, 7) is 9.96. The van der Waals surface area contributed by atoms with Gasteiger partial charge in [0, 0.05) is 6.04 Å². The van der Waals surface area contributed by atoms with Crippen LogP contribution in [0.5, 0.6) is 0 Å². The number of halogens is 1. The van der Waals surface area contributed by atoms with Crippen molar-refractivity contribution in [2.24, 2.45) is 0 Å². The van der Waals surface area contributed by atoms with Gasteiger partial charge in [-0.25, -0.2) is 4.39 Å². The topological polar surface area (TPSA) is 24.9 Å². The van der Waals surface area contributed by atoms with Gasteiger partial charge in [0.1, 0.15) is 5.82 Å². The lowest BCUT2D eigenvalue weighted by Crippen LogP contribution is -2.29. The normalized spacial score (nSPS) is 12.9. The molecular formula is C12H17FN2. The minimum absolute atomic E-state index is 0.00870. The summed E-state index contributed by atoms with van der Waals surface area (Å²) in [4.78, 5) is 4.05. The molecule has 0 bridgehead atoms. The van der Waals surface area contributed by atoms with Gasteiger partial charge in [0.25, 0.3) is 0 Å². The number of hydrogen-bond acceptors (Lipinski definition) is 2. The molecule has 0 saturated carbocycles. The zero-order valence-corrected chi connectivity index (χ0v) is 9.42. The maximum Gasteiger partial charge on any atom is 0.141 e. The number of aromatic nitrogens is 1. The Balaban J connectivity index is 2.89. The molecule has 82 valence electrons. The number of rotatable bonds is 4. The molecule has 0 radical (unpaired) electrons. The molecule has 0 aliphatic rings. The standard InChI is InChI=1S/C12H17FN2/c1-8(2)12(15-9(3)4)11-6-5-10(13)7-14-11/h5-7,9,12,15H,1H2,2-4H3. The molecule has 0 aliphatic carbocycles. The first-order valence-electron chi connectivity index (χ1n) is 5.03. The summed E-state index contributed by atoms with van der Waals surface area (Å²) in [6.07, 6.45) is 1.23. The third kappa shape index (κ3) is 3.44. The summed E-state index contributed by atoms with van der Waals surface area (Å²) in [5.41, 5.74) is 1.78. The van der Waals surface area contributed by atoms with Gasteiger partial charge in [0.2, 0.25) is 0 Å². The van der Waals surface area contributed by atoms with E-state index in [0.717, 1.165) is 11.3 Å². The zero-order chi connectivity index (χ0) is 11.4. The van der Waals surface area contributed by atoms with Crippen molar-refractivity contribution in [3.63, 3.8) is 0 Å². The monoisotopic (exact) mass is 208 g/mol. The lowest BCUT2D eigenvalue weighted by Gasteiger charge is -2.20. The third-order valence-corrected chi connectivity index (χ3v) is 2.04. The van der Waals surface area contributed by atoms with Crippen molar-refractivity contribution in [3.8, 4) is 0 Å². The summed E-state index contributed by atoms with van der Waals surface area (Å²) in [5.74, 6) is -0.316. The molecule has 0 aromatic carbocycles. The number of nitrogens with zero attached hydrogens (tertiary/aromatic N) is 1. The molecule has 1 atom stereocenters. The Morgan fingerprint density at radius 2 is 2.13 bits per heavy atom. The summed E-state index contributed by atoms with van der Waals surface area (Å²) in [6, 6.07) is 3.42. The highest BCUT2D eigenvalue weighted by Crippen LogP contribution is 2.18. The van der Waals surface area contributed by atoms with Gasteiger partial charge in [-0.15, -0.1) is 0 Å². The molecule has 1 rings (SSSR count). The summed E-state index contributed by atoms with van der Waals surface area (Å²) >= 11 is 0. The Labute approximate surface area is 90.2 Å². The van der Waals surface area contributed by atoms with Crippen LogP contribution in [-0.4, -0.2) is 11.0 Å². The molecule has 0 spiro atoms. The molecule has 1 heterocycles. The van der Waals surface area contributed by atoms with Gasteiger partial charge in [0.05, 0.1) is 17.9 Å². The van der Waals surface area contributed by atoms with Gasteiger partial charge in [-0.3, -0.25) is 4.98 Å². The predicted octanol–water partition coefficient (Wildman–Crippen LogP) is 2.84. The van der Waals surface area contributed by atoms with Crippen LogP contribution >= 0.6 is 0 Å². The maximum atomic E-state index is 12.7. The van der Waals surface area contributed by atoms with E-state index in [1.165, 1.54) is 12.3 Å². The largest absolute Gasteiger partial charge is 0.303 e. The highest BCUT2D eigenvalue weighted by atomic mass is 19.1. The second kappa shape index (κ2) is 5.03. The van der Waals surface area contributed by atoms with Gasteiger partial charge in [-0.05, 0) is 32.9 Å². The molecule has 1 aromatic rings. The van der Waals surface area contributed by atoms with E-state index in [4.69, 9.17) is 0 Å². The Bertz CT molecular complexity index is 330. The van der Waals surface area contributed by atoms with E-state index in [2.05, 4.69) is 30.7 Å². The van der Waals surface area contributed by atoms with Gasteiger partial charge in [-0.1, -0.05) is 12.2 Å². The first-order valence-corrected chi connectivity index (χ1v) is 5.03. The van der Waals surface area contributed by atoms with Crippen molar-refractivity contribution >= 4 is 0 Å². The van der Waals surface area contributed by atoms with Crippen molar-refractivity contribution in [2.45, 2.75) is 32.9 Å². The minimum atomic E-state index is -0.316. The maximum absolute atomic E-state index is 12.7. The van der Waals surface area contributed by atoms with Crippen molar-refractivity contribution in [1.29, 1.82) is 0 Å². The van der Waals surface area contributed by atoms with Crippen LogP contribution in [0.15, 0.2) is 30.5 Å². The lowest BCUT2D eigenvalue weighted by molar-refractivity contribution is 0.512. The summed E-state index contributed by atoms with van der Waals surface area (Å²) < 4.78 is 12.7. The van der Waals surface area contributed by atoms with E-state index in [1.807, 2.05) is 6.92 Å². The van der Waals surface area contributed by atoms with Crippen LogP contribution < -0.4 is 5.32 Å². The number of nitrogens with one attached hydrogen (secondary N) is 1. The Morgan fingerprint density at radius 3 is 2.53 bits per heavy atom. The molecule has 1 unspecified atom stereocenters. The first-order chi connectivity index (χ1) is 7.00. The molecule has 1 aromatic heterocycles. The second-order valence-corrected chi connectivity index (χ2v) is 4.00. The van der Waals surface area contributed by atoms with E-state index < -0.39 is 0 Å². The van der Waals surface area contributed by atoms with Gasteiger partial charge in [0.15, 0.2) is 0 Å². The van der Waals surface area contributed by atoms with Gasteiger partial charge >= 0.3 is 0 Å². The minimum Gasteiger partial charge on any atom is -0.303 e. The van der Waals surface area contributed by atoms with E-state index in [0.29, 0.717) is 6.04 Å². The fraction of sp³-hybridized carbons (Fsp3) is 0.417. The lowest BCUT2D eigenvalue weighted by atomic mass is 10.1. The second-order valence-electron chi connectivity index (χ2n) is 4.00. The van der Waals surface area contributed by atoms with Crippen LogP contribution in [0.1, 0.15) is 32.5 Å². The fourth-order valence-electron chi connectivity index (χ4n) is 1.37. The molecule has 2 nitrogen and oxygen atoms in total. The van der Waals surface area contributed by atoms with Crippen LogP contribution in [0, 0.1) is 5.82 Å². The summed E-state index contributed by atoms with van der Waals surface area (Å²) in [5, 5.41) is 3.33.